The van der Waals surface area contributed by atoms with E-state index < -0.39 is 0 Å². The van der Waals surface area contributed by atoms with Crippen LogP contribution in [0.3, 0.4) is 0 Å². The lowest BCUT2D eigenvalue weighted by molar-refractivity contribution is 0.0997. The Balaban J connectivity index is 1.72. The summed E-state index contributed by atoms with van der Waals surface area (Å²) < 4.78 is 2.91. The minimum Gasteiger partial charge on any atom is -0.286 e. The van der Waals surface area contributed by atoms with Gasteiger partial charge in [0, 0.05) is 19.5 Å². The number of fused-ring (bicyclic) bond motifs is 2. The molecule has 5 nitrogen and oxygen atoms in total. The topological polar surface area (TPSA) is 51.0 Å². The van der Waals surface area contributed by atoms with Crippen LogP contribution in [0.4, 0.5) is 5.13 Å². The fourth-order valence-corrected chi connectivity index (χ4v) is 4.59. The zero-order valence-electron chi connectivity index (χ0n) is 12.9. The molecule has 4 rings (SSSR count). The number of nitrogens with zero attached hydrogens (tertiary/aromatic N) is 4. The average molecular weight is 342 g/mol. The van der Waals surface area contributed by atoms with Crippen LogP contribution in [0.25, 0.3) is 20.4 Å². The van der Waals surface area contributed by atoms with Gasteiger partial charge in [0.15, 0.2) is 5.13 Å². The molecule has 0 aliphatic carbocycles. The summed E-state index contributed by atoms with van der Waals surface area (Å²) >= 11 is 2.99. The third kappa shape index (κ3) is 2.24. The third-order valence-electron chi connectivity index (χ3n) is 3.78. The lowest BCUT2D eigenvalue weighted by Crippen LogP contribution is -2.25. The van der Waals surface area contributed by atoms with Crippen molar-refractivity contribution in [3.63, 3.8) is 0 Å². The lowest BCUT2D eigenvalue weighted by Gasteiger charge is -2.11. The van der Waals surface area contributed by atoms with Crippen molar-refractivity contribution in [3.05, 3.63) is 40.9 Å². The molecular weight excluding hydrogens is 328 g/mol. The molecule has 0 unspecified atom stereocenters. The summed E-state index contributed by atoms with van der Waals surface area (Å²) in [5, 5.41) is 6.13. The van der Waals surface area contributed by atoms with Crippen molar-refractivity contribution >= 4 is 54.1 Å². The van der Waals surface area contributed by atoms with Crippen LogP contribution < -0.4 is 4.90 Å². The highest BCUT2D eigenvalue weighted by molar-refractivity contribution is 7.23. The van der Waals surface area contributed by atoms with Crippen LogP contribution in [0.2, 0.25) is 0 Å². The van der Waals surface area contributed by atoms with Crippen molar-refractivity contribution in [2.24, 2.45) is 7.05 Å². The molecule has 0 N–H and O–H groups in total. The Morgan fingerprint density at radius 3 is 2.78 bits per heavy atom. The van der Waals surface area contributed by atoms with Gasteiger partial charge in [0.1, 0.15) is 4.83 Å². The molecule has 4 aromatic rings. The van der Waals surface area contributed by atoms with Gasteiger partial charge in [-0.25, -0.2) is 4.98 Å². The van der Waals surface area contributed by atoms with Gasteiger partial charge in [-0.05, 0) is 25.1 Å². The van der Waals surface area contributed by atoms with Crippen LogP contribution in [0, 0.1) is 6.92 Å². The van der Waals surface area contributed by atoms with Crippen LogP contribution in [-0.2, 0) is 7.05 Å². The molecule has 0 saturated heterocycles. The number of thiophene rings is 1. The Bertz CT molecular complexity index is 976. The monoisotopic (exact) mass is 342 g/mol. The van der Waals surface area contributed by atoms with E-state index in [0.29, 0.717) is 10.0 Å². The van der Waals surface area contributed by atoms with Crippen molar-refractivity contribution in [1.29, 1.82) is 0 Å². The molecule has 1 aromatic carbocycles. The van der Waals surface area contributed by atoms with Crippen LogP contribution in [-0.4, -0.2) is 27.7 Å². The summed E-state index contributed by atoms with van der Waals surface area (Å²) in [6.45, 7) is 1.96. The number of anilines is 1. The zero-order valence-corrected chi connectivity index (χ0v) is 14.5. The van der Waals surface area contributed by atoms with Crippen molar-refractivity contribution in [3.8, 4) is 0 Å². The van der Waals surface area contributed by atoms with E-state index in [1.54, 1.807) is 11.9 Å². The standard InChI is InChI=1S/C16H14N4OS2/c1-9-10-8-13(22-15(10)20(3)18-9)14(21)19(2)16-17-11-6-4-5-7-12(11)23-16/h4-8H,1-3H3. The van der Waals surface area contributed by atoms with Gasteiger partial charge in [-0.3, -0.25) is 14.4 Å². The molecule has 0 aliphatic rings. The second-order valence-corrected chi connectivity index (χ2v) is 7.41. The van der Waals surface area contributed by atoms with Gasteiger partial charge < -0.3 is 0 Å². The first kappa shape index (κ1) is 14.3. The second-order valence-electron chi connectivity index (χ2n) is 5.37. The molecule has 0 bridgehead atoms. The second kappa shape index (κ2) is 5.14. The Morgan fingerprint density at radius 2 is 2.04 bits per heavy atom. The molecule has 0 atom stereocenters. The molecule has 0 radical (unpaired) electrons. The van der Waals surface area contributed by atoms with Crippen LogP contribution >= 0.6 is 22.7 Å². The normalized spacial score (nSPS) is 11.4. The maximum atomic E-state index is 12.8. The molecule has 0 fully saturated rings. The molecule has 3 aromatic heterocycles. The van der Waals surface area contributed by atoms with Crippen molar-refractivity contribution < 1.29 is 4.79 Å². The summed E-state index contributed by atoms with van der Waals surface area (Å²) in [7, 11) is 3.67. The van der Waals surface area contributed by atoms with Gasteiger partial charge in [-0.15, -0.1) is 11.3 Å². The number of aromatic nitrogens is 3. The molecule has 1 amide bonds. The van der Waals surface area contributed by atoms with Crippen molar-refractivity contribution in [2.75, 3.05) is 11.9 Å². The van der Waals surface area contributed by atoms with Gasteiger partial charge in [0.05, 0.1) is 20.8 Å². The number of rotatable bonds is 2. The summed E-state index contributed by atoms with van der Waals surface area (Å²) in [6.07, 6.45) is 0. The maximum Gasteiger partial charge on any atom is 0.269 e. The van der Waals surface area contributed by atoms with Crippen LogP contribution in [0.1, 0.15) is 15.4 Å². The number of para-hydroxylation sites is 1. The van der Waals surface area contributed by atoms with Gasteiger partial charge in [-0.2, -0.15) is 5.10 Å². The van der Waals surface area contributed by atoms with E-state index >= 15 is 0 Å². The van der Waals surface area contributed by atoms with E-state index in [1.807, 2.05) is 49.0 Å². The van der Waals surface area contributed by atoms with Gasteiger partial charge in [-0.1, -0.05) is 23.5 Å². The fourth-order valence-electron chi connectivity index (χ4n) is 2.57. The minimum atomic E-state index is -0.0374. The molecule has 0 aliphatic heterocycles. The predicted molar refractivity (Wildman–Crippen MR) is 95.7 cm³/mol. The number of carbonyl (C=O) groups excluding carboxylic acids is 1. The maximum absolute atomic E-state index is 12.8. The zero-order chi connectivity index (χ0) is 16.1. The van der Waals surface area contributed by atoms with Crippen LogP contribution in [0.15, 0.2) is 30.3 Å². The van der Waals surface area contributed by atoms with E-state index in [-0.39, 0.29) is 5.91 Å². The Hall–Kier alpha value is -2.25. The largest absolute Gasteiger partial charge is 0.286 e. The number of amides is 1. The molecule has 23 heavy (non-hydrogen) atoms. The van der Waals surface area contributed by atoms with E-state index in [1.165, 1.54) is 22.7 Å². The Morgan fingerprint density at radius 1 is 1.26 bits per heavy atom. The van der Waals surface area contributed by atoms with Gasteiger partial charge in [0.2, 0.25) is 0 Å². The Labute approximate surface area is 140 Å². The summed E-state index contributed by atoms with van der Waals surface area (Å²) in [6, 6.07) is 9.84. The number of aryl methyl sites for hydroxylation is 2. The first-order chi connectivity index (χ1) is 11.0. The minimum absolute atomic E-state index is 0.0374. The molecule has 0 saturated carbocycles. The molecule has 3 heterocycles. The van der Waals surface area contributed by atoms with E-state index in [2.05, 4.69) is 10.1 Å². The first-order valence-corrected chi connectivity index (χ1v) is 8.74. The molecular formula is C16H14N4OS2. The predicted octanol–water partition coefficient (Wildman–Crippen LogP) is 3.83. The third-order valence-corrected chi connectivity index (χ3v) is 6.08. The molecule has 0 spiro atoms. The van der Waals surface area contributed by atoms with Crippen molar-refractivity contribution in [2.45, 2.75) is 6.92 Å². The summed E-state index contributed by atoms with van der Waals surface area (Å²) in [5.74, 6) is -0.0374. The first-order valence-electron chi connectivity index (χ1n) is 7.11. The van der Waals surface area contributed by atoms with E-state index in [0.717, 1.165) is 26.1 Å². The highest BCUT2D eigenvalue weighted by Gasteiger charge is 2.21. The van der Waals surface area contributed by atoms with Crippen LogP contribution in [0.5, 0.6) is 0 Å². The smallest absolute Gasteiger partial charge is 0.269 e. The Kier molecular flexibility index (Phi) is 3.21. The number of carbonyl (C=O) groups is 1. The fraction of sp³-hybridized carbons (Fsp3) is 0.188. The van der Waals surface area contributed by atoms with Gasteiger partial charge >= 0.3 is 0 Å². The number of hydrogen-bond acceptors (Lipinski definition) is 5. The molecule has 7 heteroatoms. The van der Waals surface area contributed by atoms with E-state index in [9.17, 15) is 4.79 Å². The van der Waals surface area contributed by atoms with E-state index in [4.69, 9.17) is 0 Å². The highest BCUT2D eigenvalue weighted by atomic mass is 32.1. The van der Waals surface area contributed by atoms with Crippen molar-refractivity contribution in [1.82, 2.24) is 14.8 Å². The number of benzene rings is 1. The summed E-state index contributed by atoms with van der Waals surface area (Å²) in [5.41, 5.74) is 1.86. The quantitative estimate of drug-likeness (QED) is 0.556. The lowest BCUT2D eigenvalue weighted by atomic mass is 10.3. The number of hydrogen-bond donors (Lipinski definition) is 0. The van der Waals surface area contributed by atoms with Gasteiger partial charge in [0.25, 0.3) is 5.91 Å². The molecule has 116 valence electrons. The highest BCUT2D eigenvalue weighted by Crippen LogP contribution is 2.32. The average Bonchev–Trinajstić information content (AvgIpc) is 3.22. The number of thiazole rings is 1. The SMILES string of the molecule is Cc1nn(C)c2sc(C(=O)N(C)c3nc4ccccc4s3)cc12. The summed E-state index contributed by atoms with van der Waals surface area (Å²) in [4.78, 5) is 20.7.